The number of aliphatic hydroxyl groups is 1. The highest BCUT2D eigenvalue weighted by atomic mass is 32.2. The molecule has 0 unspecified atom stereocenters. The molecule has 0 saturated heterocycles. The van der Waals surface area contributed by atoms with Gasteiger partial charge in [-0.3, -0.25) is 5.10 Å². The third-order valence-corrected chi connectivity index (χ3v) is 4.53. The van der Waals surface area contributed by atoms with E-state index >= 15 is 0 Å². The number of aliphatic hydroxyl groups excluding tert-OH is 1. The van der Waals surface area contributed by atoms with Gasteiger partial charge in [0.1, 0.15) is 18.0 Å². The summed E-state index contributed by atoms with van der Waals surface area (Å²) in [6, 6.07) is 2.37. The summed E-state index contributed by atoms with van der Waals surface area (Å²) >= 11 is 0. The van der Waals surface area contributed by atoms with Crippen LogP contribution >= 0.6 is 0 Å². The Balaban J connectivity index is 2.17. The first-order chi connectivity index (χ1) is 9.94. The number of benzene rings is 1. The summed E-state index contributed by atoms with van der Waals surface area (Å²) in [7, 11) is -3.86. The molecule has 114 valence electrons. The van der Waals surface area contributed by atoms with Crippen molar-refractivity contribution in [2.75, 3.05) is 6.54 Å². The first-order valence-electron chi connectivity index (χ1n) is 6.18. The van der Waals surface area contributed by atoms with Gasteiger partial charge in [0.15, 0.2) is 0 Å². The number of nitrogens with one attached hydrogen (secondary N) is 2. The topological polar surface area (TPSA) is 108 Å². The lowest BCUT2D eigenvalue weighted by Crippen LogP contribution is -2.27. The van der Waals surface area contributed by atoms with Gasteiger partial charge in [0.25, 0.3) is 0 Å². The largest absolute Gasteiger partial charge is 0.392 e. The van der Waals surface area contributed by atoms with Gasteiger partial charge in [-0.1, -0.05) is 0 Å². The molecule has 9 heteroatoms. The minimum Gasteiger partial charge on any atom is -0.392 e. The lowest BCUT2D eigenvalue weighted by molar-refractivity contribution is 0.281. The van der Waals surface area contributed by atoms with E-state index in [-0.39, 0.29) is 22.6 Å². The van der Waals surface area contributed by atoms with Crippen LogP contribution in [0.5, 0.6) is 0 Å². The van der Waals surface area contributed by atoms with Crippen LogP contribution in [0.1, 0.15) is 17.0 Å². The Morgan fingerprint density at radius 2 is 2.19 bits per heavy atom. The van der Waals surface area contributed by atoms with Crippen molar-refractivity contribution >= 4 is 10.0 Å². The monoisotopic (exact) mass is 314 g/mol. The van der Waals surface area contributed by atoms with Gasteiger partial charge in [-0.25, -0.2) is 22.5 Å². The van der Waals surface area contributed by atoms with Crippen molar-refractivity contribution in [1.29, 1.82) is 0 Å². The maximum absolute atomic E-state index is 13.7. The van der Waals surface area contributed by atoms with Gasteiger partial charge in [-0.15, -0.1) is 0 Å². The average molecular weight is 314 g/mol. The number of rotatable bonds is 6. The molecular weight excluding hydrogens is 299 g/mol. The van der Waals surface area contributed by atoms with Crippen molar-refractivity contribution in [3.63, 3.8) is 0 Å². The number of nitrogens with zero attached hydrogens (tertiary/aromatic N) is 2. The standard InChI is InChI=1S/C12H15FN4O3S/c1-8-10(13)4-9(6-18)5-11(8)21(19,20)16-3-2-12-14-7-15-17-12/h4-5,7,16,18H,2-3,6H2,1H3,(H,14,15,17). The summed E-state index contributed by atoms with van der Waals surface area (Å²) in [5.74, 6) is -0.123. The van der Waals surface area contributed by atoms with Gasteiger partial charge in [0.05, 0.1) is 11.5 Å². The van der Waals surface area contributed by atoms with Crippen LogP contribution in [0.2, 0.25) is 0 Å². The van der Waals surface area contributed by atoms with Gasteiger partial charge in [-0.05, 0) is 24.6 Å². The van der Waals surface area contributed by atoms with E-state index in [0.717, 1.165) is 6.07 Å². The molecule has 1 heterocycles. The molecule has 0 amide bonds. The van der Waals surface area contributed by atoms with Crippen LogP contribution in [0.4, 0.5) is 4.39 Å². The predicted molar refractivity (Wildman–Crippen MR) is 72.3 cm³/mol. The van der Waals surface area contributed by atoms with E-state index in [4.69, 9.17) is 5.11 Å². The second kappa shape index (κ2) is 6.29. The molecule has 2 aromatic rings. The van der Waals surface area contributed by atoms with Crippen molar-refractivity contribution in [1.82, 2.24) is 19.9 Å². The quantitative estimate of drug-likeness (QED) is 0.709. The normalized spacial score (nSPS) is 11.8. The van der Waals surface area contributed by atoms with E-state index in [1.165, 1.54) is 19.3 Å². The lowest BCUT2D eigenvalue weighted by atomic mass is 10.1. The summed E-state index contributed by atoms with van der Waals surface area (Å²) in [5, 5.41) is 15.3. The molecule has 1 aromatic heterocycles. The third kappa shape index (κ3) is 3.63. The highest BCUT2D eigenvalue weighted by Gasteiger charge is 2.19. The number of hydrogen-bond donors (Lipinski definition) is 3. The van der Waals surface area contributed by atoms with Crippen molar-refractivity contribution in [3.05, 3.63) is 41.2 Å². The van der Waals surface area contributed by atoms with Crippen LogP contribution in [0, 0.1) is 12.7 Å². The van der Waals surface area contributed by atoms with Crippen molar-refractivity contribution in [2.45, 2.75) is 24.8 Å². The zero-order valence-corrected chi connectivity index (χ0v) is 12.1. The van der Waals surface area contributed by atoms with E-state index in [2.05, 4.69) is 19.9 Å². The number of halogens is 1. The lowest BCUT2D eigenvalue weighted by Gasteiger charge is -2.11. The van der Waals surface area contributed by atoms with Gasteiger partial charge in [0, 0.05) is 18.5 Å². The molecule has 0 aliphatic heterocycles. The second-order valence-corrected chi connectivity index (χ2v) is 6.17. The SMILES string of the molecule is Cc1c(F)cc(CO)cc1S(=O)(=O)NCCc1ncn[nH]1. The van der Waals surface area contributed by atoms with E-state index < -0.39 is 22.4 Å². The molecule has 0 aliphatic carbocycles. The predicted octanol–water partition coefficient (Wildman–Crippen LogP) is 0.266. The third-order valence-electron chi connectivity index (χ3n) is 2.95. The van der Waals surface area contributed by atoms with Gasteiger partial charge >= 0.3 is 0 Å². The number of H-pyrrole nitrogens is 1. The van der Waals surface area contributed by atoms with Gasteiger partial charge < -0.3 is 5.11 Å². The first kappa shape index (κ1) is 15.5. The highest BCUT2D eigenvalue weighted by Crippen LogP contribution is 2.20. The molecule has 0 aliphatic rings. The Bertz CT molecular complexity index is 716. The van der Waals surface area contributed by atoms with Crippen LogP contribution in [0.25, 0.3) is 0 Å². The molecule has 0 spiro atoms. The Morgan fingerprint density at radius 1 is 1.43 bits per heavy atom. The van der Waals surface area contributed by atoms with Crippen LogP contribution in [-0.2, 0) is 23.1 Å². The zero-order chi connectivity index (χ0) is 15.5. The molecule has 0 atom stereocenters. The van der Waals surface area contributed by atoms with Gasteiger partial charge in [0.2, 0.25) is 10.0 Å². The van der Waals surface area contributed by atoms with Crippen LogP contribution < -0.4 is 4.72 Å². The minimum atomic E-state index is -3.86. The molecule has 0 saturated carbocycles. The van der Waals surface area contributed by atoms with E-state index in [9.17, 15) is 12.8 Å². The molecule has 21 heavy (non-hydrogen) atoms. The molecule has 0 fully saturated rings. The summed E-state index contributed by atoms with van der Waals surface area (Å²) in [5.41, 5.74) is 0.216. The van der Waals surface area contributed by atoms with E-state index in [1.807, 2.05) is 0 Å². The summed E-state index contributed by atoms with van der Waals surface area (Å²) < 4.78 is 40.4. The zero-order valence-electron chi connectivity index (χ0n) is 11.3. The highest BCUT2D eigenvalue weighted by molar-refractivity contribution is 7.89. The fraction of sp³-hybridized carbons (Fsp3) is 0.333. The number of sulfonamides is 1. The molecule has 0 radical (unpaired) electrons. The van der Waals surface area contributed by atoms with Crippen LogP contribution in [0.15, 0.2) is 23.4 Å². The fourth-order valence-electron chi connectivity index (χ4n) is 1.81. The smallest absolute Gasteiger partial charge is 0.240 e. The maximum Gasteiger partial charge on any atom is 0.240 e. The van der Waals surface area contributed by atoms with Gasteiger partial charge in [-0.2, -0.15) is 5.10 Å². The number of aromatic amines is 1. The molecule has 0 bridgehead atoms. The summed E-state index contributed by atoms with van der Waals surface area (Å²) in [6.45, 7) is 1.04. The minimum absolute atomic E-state index is 0.0133. The summed E-state index contributed by atoms with van der Waals surface area (Å²) in [6.07, 6.45) is 1.66. The fourth-order valence-corrected chi connectivity index (χ4v) is 3.14. The number of aromatic nitrogens is 3. The van der Waals surface area contributed by atoms with Crippen LogP contribution in [-0.4, -0.2) is 35.3 Å². The Morgan fingerprint density at radius 3 is 2.81 bits per heavy atom. The Kier molecular flexibility index (Phi) is 4.66. The number of hydrogen-bond acceptors (Lipinski definition) is 5. The summed E-state index contributed by atoms with van der Waals surface area (Å²) in [4.78, 5) is 3.70. The second-order valence-electron chi connectivity index (χ2n) is 4.44. The maximum atomic E-state index is 13.7. The molecule has 2 rings (SSSR count). The van der Waals surface area contributed by atoms with E-state index in [1.54, 1.807) is 0 Å². The molecule has 3 N–H and O–H groups in total. The Hall–Kier alpha value is -1.84. The van der Waals surface area contributed by atoms with E-state index in [0.29, 0.717) is 12.2 Å². The molecule has 1 aromatic carbocycles. The average Bonchev–Trinajstić information content (AvgIpc) is 2.94. The first-order valence-corrected chi connectivity index (χ1v) is 7.66. The van der Waals surface area contributed by atoms with Crippen molar-refractivity contribution in [3.8, 4) is 0 Å². The van der Waals surface area contributed by atoms with Crippen LogP contribution in [0.3, 0.4) is 0 Å². The molecular formula is C12H15FN4O3S. The molecule has 7 nitrogen and oxygen atoms in total. The van der Waals surface area contributed by atoms with Crippen molar-refractivity contribution in [2.24, 2.45) is 0 Å². The van der Waals surface area contributed by atoms with Crippen molar-refractivity contribution < 1.29 is 17.9 Å². The Labute approximate surface area is 121 Å².